The molecule has 1 heterocycles. The first kappa shape index (κ1) is 19.1. The van der Waals surface area contributed by atoms with Crippen molar-refractivity contribution in [3.63, 3.8) is 0 Å². The number of halogens is 1. The number of carbonyl (C=O) groups excluding carboxylic acids is 1. The number of amides is 1. The number of fused-ring (bicyclic) bond motifs is 1. The lowest BCUT2D eigenvalue weighted by molar-refractivity contribution is -0.924. The van der Waals surface area contributed by atoms with Gasteiger partial charge in [-0.1, -0.05) is 18.2 Å². The number of aryl methyl sites for hydroxylation is 1. The van der Waals surface area contributed by atoms with Crippen LogP contribution in [-0.4, -0.2) is 18.5 Å². The zero-order chi connectivity index (χ0) is 19.5. The number of hydrogen-bond acceptors (Lipinski definition) is 3. The van der Waals surface area contributed by atoms with Gasteiger partial charge in [0.05, 0.1) is 24.6 Å². The van der Waals surface area contributed by atoms with Gasteiger partial charge >= 0.3 is 0 Å². The van der Waals surface area contributed by atoms with Crippen molar-refractivity contribution in [2.24, 2.45) is 0 Å². The number of quaternary nitrogens is 1. The molecule has 0 bridgehead atoms. The molecule has 1 aromatic heterocycles. The summed E-state index contributed by atoms with van der Waals surface area (Å²) in [6, 6.07) is 9.70. The molecule has 6 heteroatoms. The molecule has 1 unspecified atom stereocenters. The highest BCUT2D eigenvalue weighted by Crippen LogP contribution is 2.37. The van der Waals surface area contributed by atoms with Gasteiger partial charge < -0.3 is 10.2 Å². The third kappa shape index (κ3) is 4.26. The number of benzene rings is 1. The van der Waals surface area contributed by atoms with E-state index < -0.39 is 0 Å². The molecule has 2 N–H and O–H groups in total. The summed E-state index contributed by atoms with van der Waals surface area (Å²) < 4.78 is 14.0. The molecule has 146 valence electrons. The van der Waals surface area contributed by atoms with E-state index in [2.05, 4.69) is 11.4 Å². The van der Waals surface area contributed by atoms with E-state index in [1.54, 1.807) is 17.4 Å². The molecule has 1 atom stereocenters. The molecule has 1 aromatic carbocycles. The third-order valence-corrected chi connectivity index (χ3v) is 6.95. The van der Waals surface area contributed by atoms with Crippen molar-refractivity contribution in [2.75, 3.05) is 11.9 Å². The van der Waals surface area contributed by atoms with Crippen molar-refractivity contribution in [1.29, 1.82) is 5.26 Å². The van der Waals surface area contributed by atoms with Gasteiger partial charge in [-0.15, -0.1) is 11.3 Å². The number of nitriles is 1. The Hall–Kier alpha value is -2.23. The first-order valence-corrected chi connectivity index (χ1v) is 10.9. The monoisotopic (exact) mass is 398 g/mol. The Bertz CT molecular complexity index is 913. The van der Waals surface area contributed by atoms with Crippen LogP contribution in [0.1, 0.15) is 53.7 Å². The molecule has 1 amide bonds. The van der Waals surface area contributed by atoms with E-state index in [1.165, 1.54) is 15.8 Å². The summed E-state index contributed by atoms with van der Waals surface area (Å²) in [5, 5.41) is 13.2. The lowest BCUT2D eigenvalue weighted by Gasteiger charge is -2.19. The molecular formula is C22H25FN3OS+. The second kappa shape index (κ2) is 8.42. The minimum Gasteiger partial charge on any atom is -0.328 e. The number of carbonyl (C=O) groups is 1. The zero-order valence-corrected chi connectivity index (χ0v) is 16.7. The van der Waals surface area contributed by atoms with Gasteiger partial charge in [0, 0.05) is 23.3 Å². The van der Waals surface area contributed by atoms with E-state index in [0.717, 1.165) is 44.1 Å². The summed E-state index contributed by atoms with van der Waals surface area (Å²) >= 11 is 1.56. The predicted molar refractivity (Wildman–Crippen MR) is 108 cm³/mol. The average Bonchev–Trinajstić information content (AvgIpc) is 3.48. The van der Waals surface area contributed by atoms with Crippen molar-refractivity contribution >= 4 is 22.2 Å². The van der Waals surface area contributed by atoms with Crippen molar-refractivity contribution in [1.82, 2.24) is 0 Å². The van der Waals surface area contributed by atoms with Crippen LogP contribution in [0.15, 0.2) is 24.3 Å². The molecule has 4 nitrogen and oxygen atoms in total. The number of rotatable bonds is 7. The Morgan fingerprint density at radius 1 is 1.29 bits per heavy atom. The van der Waals surface area contributed by atoms with Crippen LogP contribution < -0.4 is 10.2 Å². The summed E-state index contributed by atoms with van der Waals surface area (Å²) in [7, 11) is 0. The third-order valence-electron chi connectivity index (χ3n) is 5.74. The fourth-order valence-corrected chi connectivity index (χ4v) is 5.31. The molecule has 2 aliphatic rings. The fourth-order valence-electron chi connectivity index (χ4n) is 4.05. The number of nitrogens with zero attached hydrogens (tertiary/aromatic N) is 1. The lowest BCUT2D eigenvalue weighted by atomic mass is 9.96. The molecule has 0 saturated heterocycles. The highest BCUT2D eigenvalue weighted by atomic mass is 32.1. The molecule has 0 radical (unpaired) electrons. The van der Waals surface area contributed by atoms with Gasteiger partial charge in [0.2, 0.25) is 5.91 Å². The topological polar surface area (TPSA) is 57.3 Å². The van der Waals surface area contributed by atoms with Gasteiger partial charge in [-0.25, -0.2) is 4.39 Å². The normalized spacial score (nSPS) is 16.9. The quantitative estimate of drug-likeness (QED) is 0.752. The fraction of sp³-hybridized carbons (Fsp3) is 0.455. The Morgan fingerprint density at radius 2 is 2.07 bits per heavy atom. The van der Waals surface area contributed by atoms with Crippen LogP contribution in [-0.2, 0) is 24.2 Å². The Labute approximate surface area is 169 Å². The summed E-state index contributed by atoms with van der Waals surface area (Å²) in [5.41, 5.74) is 2.51. The van der Waals surface area contributed by atoms with Crippen molar-refractivity contribution in [3.8, 4) is 6.07 Å². The smallest absolute Gasteiger partial charge is 0.230 e. The first-order valence-electron chi connectivity index (χ1n) is 10.1. The van der Waals surface area contributed by atoms with Crippen molar-refractivity contribution < 1.29 is 14.1 Å². The first-order chi connectivity index (χ1) is 13.7. The standard InChI is InChI=1S/C22H24FN3OS/c23-19-7-3-1-5-15(19)14-26(16-9-10-16)12-11-21(27)25-22-18(13-24)17-6-2-4-8-20(17)28-22/h1,3,5,7,16H,2,4,6,8-12,14H2,(H,25,27)/p+1. The van der Waals surface area contributed by atoms with Gasteiger partial charge in [-0.3, -0.25) is 4.79 Å². The largest absolute Gasteiger partial charge is 0.328 e. The molecule has 0 spiro atoms. The second-order valence-corrected chi connectivity index (χ2v) is 8.88. The van der Waals surface area contributed by atoms with E-state index in [1.807, 2.05) is 12.1 Å². The van der Waals surface area contributed by atoms with Crippen LogP contribution in [0.25, 0.3) is 0 Å². The van der Waals surface area contributed by atoms with Crippen LogP contribution >= 0.6 is 11.3 Å². The van der Waals surface area contributed by atoms with Crippen molar-refractivity contribution in [2.45, 2.75) is 57.5 Å². The van der Waals surface area contributed by atoms with Crippen LogP contribution in [0, 0.1) is 17.1 Å². The molecular weight excluding hydrogens is 373 g/mol. The number of hydrogen-bond donors (Lipinski definition) is 2. The SMILES string of the molecule is N#Cc1c(NC(=O)CC[NH+](Cc2ccccc2F)C2CC2)sc2c1CCCC2. The lowest BCUT2D eigenvalue weighted by Crippen LogP contribution is -3.12. The molecule has 2 aliphatic carbocycles. The molecule has 0 aliphatic heterocycles. The number of nitrogens with one attached hydrogen (secondary N) is 2. The van der Waals surface area contributed by atoms with E-state index in [0.29, 0.717) is 41.7 Å². The van der Waals surface area contributed by atoms with Crippen LogP contribution in [0.5, 0.6) is 0 Å². The van der Waals surface area contributed by atoms with Gasteiger partial charge in [-0.05, 0) is 37.3 Å². The van der Waals surface area contributed by atoms with E-state index in [4.69, 9.17) is 0 Å². The highest BCUT2D eigenvalue weighted by Gasteiger charge is 2.34. The Morgan fingerprint density at radius 3 is 2.82 bits per heavy atom. The minimum atomic E-state index is -0.173. The van der Waals surface area contributed by atoms with Crippen LogP contribution in [0.4, 0.5) is 9.39 Å². The Kier molecular flexibility index (Phi) is 5.74. The summed E-state index contributed by atoms with van der Waals surface area (Å²) in [5.74, 6) is -0.227. The molecule has 1 saturated carbocycles. The molecule has 2 aromatic rings. The van der Waals surface area contributed by atoms with Crippen LogP contribution in [0.3, 0.4) is 0 Å². The van der Waals surface area contributed by atoms with Gasteiger partial charge in [-0.2, -0.15) is 5.26 Å². The van der Waals surface area contributed by atoms with Gasteiger partial charge in [0.15, 0.2) is 0 Å². The maximum atomic E-state index is 14.0. The predicted octanol–water partition coefficient (Wildman–Crippen LogP) is 3.21. The summed E-state index contributed by atoms with van der Waals surface area (Å²) in [4.78, 5) is 15.1. The maximum absolute atomic E-state index is 14.0. The van der Waals surface area contributed by atoms with E-state index in [-0.39, 0.29) is 11.7 Å². The van der Waals surface area contributed by atoms with Gasteiger partial charge in [0.1, 0.15) is 23.4 Å². The minimum absolute atomic E-state index is 0.0539. The van der Waals surface area contributed by atoms with Crippen molar-refractivity contribution in [3.05, 3.63) is 51.7 Å². The van der Waals surface area contributed by atoms with E-state index >= 15 is 0 Å². The zero-order valence-electron chi connectivity index (χ0n) is 15.9. The summed E-state index contributed by atoms with van der Waals surface area (Å²) in [6.07, 6.45) is 6.87. The number of thiophene rings is 1. The summed E-state index contributed by atoms with van der Waals surface area (Å²) in [6.45, 7) is 1.29. The molecule has 1 fully saturated rings. The average molecular weight is 399 g/mol. The Balaban J connectivity index is 1.38. The second-order valence-electron chi connectivity index (χ2n) is 7.78. The van der Waals surface area contributed by atoms with Gasteiger partial charge in [0.25, 0.3) is 0 Å². The highest BCUT2D eigenvalue weighted by molar-refractivity contribution is 7.16. The van der Waals surface area contributed by atoms with E-state index in [9.17, 15) is 14.4 Å². The maximum Gasteiger partial charge on any atom is 0.230 e. The molecule has 4 rings (SSSR count). The van der Waals surface area contributed by atoms with Crippen LogP contribution in [0.2, 0.25) is 0 Å². The number of anilines is 1. The molecule has 28 heavy (non-hydrogen) atoms.